The fraction of sp³-hybridized carbons (Fsp3) is 0.917. The minimum Gasteiger partial charge on any atom is -0.388 e. The van der Waals surface area contributed by atoms with Crippen LogP contribution in [0.2, 0.25) is 0 Å². The molecule has 2 N–H and O–H groups in total. The molecule has 1 amide bonds. The number of thioether (sulfide) groups is 1. The zero-order chi connectivity index (χ0) is 11.9. The van der Waals surface area contributed by atoms with Gasteiger partial charge < -0.3 is 10.4 Å². The summed E-state index contributed by atoms with van der Waals surface area (Å²) in [5.74, 6) is 2.00. The van der Waals surface area contributed by atoms with E-state index in [1.54, 1.807) is 11.8 Å². The van der Waals surface area contributed by atoms with Gasteiger partial charge in [0.1, 0.15) is 0 Å². The second-order valence-electron chi connectivity index (χ2n) is 4.51. The quantitative estimate of drug-likeness (QED) is 0.703. The standard InChI is InChI=1S/C12H23NO2S/c1-2-16-9-6-11(14)13-10-12(15)7-4-3-5-8-12/h15H,2-10H2,1H3,(H,13,14). The molecule has 4 heteroatoms. The van der Waals surface area contributed by atoms with E-state index in [-0.39, 0.29) is 5.91 Å². The van der Waals surface area contributed by atoms with E-state index < -0.39 is 5.60 Å². The van der Waals surface area contributed by atoms with Gasteiger partial charge in [0.05, 0.1) is 5.60 Å². The van der Waals surface area contributed by atoms with E-state index in [1.807, 2.05) is 0 Å². The average Bonchev–Trinajstić information content (AvgIpc) is 2.28. The van der Waals surface area contributed by atoms with Crippen molar-refractivity contribution in [2.75, 3.05) is 18.1 Å². The van der Waals surface area contributed by atoms with Crippen molar-refractivity contribution < 1.29 is 9.90 Å². The van der Waals surface area contributed by atoms with Crippen molar-refractivity contribution >= 4 is 17.7 Å². The molecule has 0 radical (unpaired) electrons. The minimum atomic E-state index is -0.633. The van der Waals surface area contributed by atoms with Gasteiger partial charge in [0.2, 0.25) is 5.91 Å². The average molecular weight is 245 g/mol. The summed E-state index contributed by atoms with van der Waals surface area (Å²) in [5.41, 5.74) is -0.633. The normalized spacial score (nSPS) is 19.4. The van der Waals surface area contributed by atoms with E-state index in [0.29, 0.717) is 13.0 Å². The summed E-state index contributed by atoms with van der Waals surface area (Å²) in [6.07, 6.45) is 5.60. The molecule has 0 heterocycles. The van der Waals surface area contributed by atoms with Crippen LogP contribution in [-0.4, -0.2) is 34.7 Å². The van der Waals surface area contributed by atoms with Crippen LogP contribution in [0.15, 0.2) is 0 Å². The molecule has 0 bridgehead atoms. The van der Waals surface area contributed by atoms with E-state index in [4.69, 9.17) is 0 Å². The lowest BCUT2D eigenvalue weighted by Gasteiger charge is -2.32. The van der Waals surface area contributed by atoms with Gasteiger partial charge in [-0.25, -0.2) is 0 Å². The molecule has 0 saturated heterocycles. The van der Waals surface area contributed by atoms with Crippen LogP contribution in [0.4, 0.5) is 0 Å². The van der Waals surface area contributed by atoms with E-state index in [0.717, 1.165) is 37.2 Å². The Kier molecular flexibility index (Phi) is 6.21. The van der Waals surface area contributed by atoms with Gasteiger partial charge in [0, 0.05) is 18.7 Å². The maximum atomic E-state index is 11.5. The van der Waals surface area contributed by atoms with Crippen molar-refractivity contribution in [3.05, 3.63) is 0 Å². The molecule has 1 aliphatic rings. The Hall–Kier alpha value is -0.220. The first-order chi connectivity index (χ1) is 7.66. The van der Waals surface area contributed by atoms with Crippen LogP contribution in [0, 0.1) is 0 Å². The molecule has 0 aromatic carbocycles. The lowest BCUT2D eigenvalue weighted by molar-refractivity contribution is -0.122. The van der Waals surface area contributed by atoms with Crippen LogP contribution in [0.3, 0.4) is 0 Å². The van der Waals surface area contributed by atoms with Crippen molar-refractivity contribution in [2.45, 2.75) is 51.0 Å². The number of carbonyl (C=O) groups is 1. The van der Waals surface area contributed by atoms with Crippen LogP contribution in [-0.2, 0) is 4.79 Å². The van der Waals surface area contributed by atoms with Gasteiger partial charge in [-0.2, -0.15) is 11.8 Å². The maximum Gasteiger partial charge on any atom is 0.220 e. The Morgan fingerprint density at radius 3 is 2.69 bits per heavy atom. The highest BCUT2D eigenvalue weighted by atomic mass is 32.2. The molecule has 0 spiro atoms. The monoisotopic (exact) mass is 245 g/mol. The highest BCUT2D eigenvalue weighted by molar-refractivity contribution is 7.99. The van der Waals surface area contributed by atoms with Crippen LogP contribution in [0.5, 0.6) is 0 Å². The van der Waals surface area contributed by atoms with Gasteiger partial charge in [-0.05, 0) is 18.6 Å². The number of hydrogen-bond donors (Lipinski definition) is 2. The zero-order valence-electron chi connectivity index (χ0n) is 10.1. The summed E-state index contributed by atoms with van der Waals surface area (Å²) in [5, 5.41) is 13.0. The Balaban J connectivity index is 2.14. The molecule has 0 atom stereocenters. The fourth-order valence-electron chi connectivity index (χ4n) is 2.05. The molecular formula is C12H23NO2S. The summed E-state index contributed by atoms with van der Waals surface area (Å²) in [7, 11) is 0. The van der Waals surface area contributed by atoms with Crippen molar-refractivity contribution in [1.29, 1.82) is 0 Å². The van der Waals surface area contributed by atoms with Gasteiger partial charge in [-0.1, -0.05) is 26.2 Å². The van der Waals surface area contributed by atoms with Gasteiger partial charge in [0.25, 0.3) is 0 Å². The number of nitrogens with one attached hydrogen (secondary N) is 1. The number of amides is 1. The third-order valence-corrected chi connectivity index (χ3v) is 3.98. The molecule has 0 aromatic heterocycles. The van der Waals surface area contributed by atoms with Crippen molar-refractivity contribution in [3.63, 3.8) is 0 Å². The summed E-state index contributed by atoms with van der Waals surface area (Å²) in [6, 6.07) is 0. The van der Waals surface area contributed by atoms with Gasteiger partial charge in [0.15, 0.2) is 0 Å². The zero-order valence-corrected chi connectivity index (χ0v) is 10.9. The molecule has 1 fully saturated rings. The number of carbonyl (C=O) groups excluding carboxylic acids is 1. The molecule has 94 valence electrons. The van der Waals surface area contributed by atoms with E-state index >= 15 is 0 Å². The second-order valence-corrected chi connectivity index (χ2v) is 5.90. The van der Waals surface area contributed by atoms with E-state index in [9.17, 15) is 9.90 Å². The third-order valence-electron chi connectivity index (χ3n) is 3.08. The highest BCUT2D eigenvalue weighted by Gasteiger charge is 2.29. The second kappa shape index (κ2) is 7.17. The molecule has 1 rings (SSSR count). The largest absolute Gasteiger partial charge is 0.388 e. The highest BCUT2D eigenvalue weighted by Crippen LogP contribution is 2.27. The first-order valence-electron chi connectivity index (χ1n) is 6.23. The van der Waals surface area contributed by atoms with Crippen LogP contribution in [0.1, 0.15) is 45.4 Å². The Morgan fingerprint density at radius 2 is 2.06 bits per heavy atom. The predicted octanol–water partition coefficient (Wildman–Crippen LogP) is 1.94. The fourth-order valence-corrected chi connectivity index (χ4v) is 2.67. The summed E-state index contributed by atoms with van der Waals surface area (Å²) in [6.45, 7) is 2.52. The minimum absolute atomic E-state index is 0.0694. The van der Waals surface area contributed by atoms with Crippen LogP contribution >= 0.6 is 11.8 Å². The van der Waals surface area contributed by atoms with E-state index in [1.165, 1.54) is 6.42 Å². The number of hydrogen-bond acceptors (Lipinski definition) is 3. The molecule has 3 nitrogen and oxygen atoms in total. The van der Waals surface area contributed by atoms with Gasteiger partial charge >= 0.3 is 0 Å². The molecule has 1 aliphatic carbocycles. The Labute approximate surface area is 102 Å². The lowest BCUT2D eigenvalue weighted by Crippen LogP contribution is -2.44. The summed E-state index contributed by atoms with van der Waals surface area (Å²) >= 11 is 1.77. The van der Waals surface area contributed by atoms with Gasteiger partial charge in [-0.15, -0.1) is 0 Å². The molecule has 1 saturated carbocycles. The number of rotatable bonds is 6. The molecule has 0 unspecified atom stereocenters. The SMILES string of the molecule is CCSCCC(=O)NCC1(O)CCCCC1. The Morgan fingerprint density at radius 1 is 1.38 bits per heavy atom. The molecular weight excluding hydrogens is 222 g/mol. The smallest absolute Gasteiger partial charge is 0.220 e. The molecule has 16 heavy (non-hydrogen) atoms. The topological polar surface area (TPSA) is 49.3 Å². The Bertz CT molecular complexity index is 215. The lowest BCUT2D eigenvalue weighted by atomic mass is 9.85. The first kappa shape index (κ1) is 13.8. The predicted molar refractivity (Wildman–Crippen MR) is 68.7 cm³/mol. The van der Waals surface area contributed by atoms with Crippen molar-refractivity contribution in [3.8, 4) is 0 Å². The summed E-state index contributed by atoms with van der Waals surface area (Å²) < 4.78 is 0. The third kappa shape index (κ3) is 5.21. The van der Waals surface area contributed by atoms with Crippen LogP contribution in [0.25, 0.3) is 0 Å². The van der Waals surface area contributed by atoms with Gasteiger partial charge in [-0.3, -0.25) is 4.79 Å². The molecule has 0 aliphatic heterocycles. The first-order valence-corrected chi connectivity index (χ1v) is 7.38. The summed E-state index contributed by atoms with van der Waals surface area (Å²) in [4.78, 5) is 11.5. The van der Waals surface area contributed by atoms with Crippen molar-refractivity contribution in [1.82, 2.24) is 5.32 Å². The van der Waals surface area contributed by atoms with Crippen LogP contribution < -0.4 is 5.32 Å². The maximum absolute atomic E-state index is 11.5. The number of aliphatic hydroxyl groups is 1. The van der Waals surface area contributed by atoms with Crippen molar-refractivity contribution in [2.24, 2.45) is 0 Å². The molecule has 0 aromatic rings. The van der Waals surface area contributed by atoms with E-state index in [2.05, 4.69) is 12.2 Å².